The standard InChI is InChI=1S/C16H18ClF2N3OS/c1-3-7-21(8-4-2)16(23)22-10-12(17)15(20-22)24-14-6-5-11(18)9-13(14)19/h5-6,9-10H,3-4,7-8H2,1-2H3. The number of benzene rings is 1. The first-order valence-corrected chi connectivity index (χ1v) is 8.83. The fraction of sp³-hybridized carbons (Fsp3) is 0.375. The van der Waals surface area contributed by atoms with Gasteiger partial charge in [0, 0.05) is 24.1 Å². The Balaban J connectivity index is 2.21. The van der Waals surface area contributed by atoms with Gasteiger partial charge in [0.1, 0.15) is 16.7 Å². The Morgan fingerprint density at radius 2 is 1.96 bits per heavy atom. The van der Waals surface area contributed by atoms with Crippen LogP contribution < -0.4 is 0 Å². The van der Waals surface area contributed by atoms with Crippen LogP contribution in [0.25, 0.3) is 0 Å². The van der Waals surface area contributed by atoms with Crippen molar-refractivity contribution < 1.29 is 13.6 Å². The molecule has 8 heteroatoms. The maximum Gasteiger partial charge on any atom is 0.344 e. The van der Waals surface area contributed by atoms with E-state index in [9.17, 15) is 13.6 Å². The molecule has 0 aliphatic heterocycles. The topological polar surface area (TPSA) is 38.1 Å². The summed E-state index contributed by atoms with van der Waals surface area (Å²) < 4.78 is 27.9. The second-order valence-corrected chi connectivity index (χ2v) is 6.61. The van der Waals surface area contributed by atoms with Gasteiger partial charge < -0.3 is 4.90 Å². The number of hydrogen-bond donors (Lipinski definition) is 0. The van der Waals surface area contributed by atoms with E-state index in [1.165, 1.54) is 12.3 Å². The van der Waals surface area contributed by atoms with E-state index in [0.29, 0.717) is 18.1 Å². The number of hydrogen-bond acceptors (Lipinski definition) is 3. The molecule has 0 N–H and O–H groups in total. The lowest BCUT2D eigenvalue weighted by Gasteiger charge is -2.20. The Morgan fingerprint density at radius 1 is 1.29 bits per heavy atom. The van der Waals surface area contributed by atoms with Gasteiger partial charge in [-0.15, -0.1) is 0 Å². The second kappa shape index (κ2) is 8.48. The van der Waals surface area contributed by atoms with Crippen LogP contribution in [-0.4, -0.2) is 33.8 Å². The zero-order chi connectivity index (χ0) is 17.7. The molecule has 0 saturated carbocycles. The molecule has 1 aromatic heterocycles. The maximum atomic E-state index is 13.7. The minimum Gasteiger partial charge on any atom is -0.323 e. The molecule has 0 aliphatic rings. The molecule has 1 amide bonds. The van der Waals surface area contributed by atoms with E-state index in [-0.39, 0.29) is 15.9 Å². The molecule has 1 heterocycles. The predicted octanol–water partition coefficient (Wildman–Crippen LogP) is 5.06. The predicted molar refractivity (Wildman–Crippen MR) is 90.7 cm³/mol. The summed E-state index contributed by atoms with van der Waals surface area (Å²) >= 11 is 7.06. The average molecular weight is 374 g/mol. The quantitative estimate of drug-likeness (QED) is 0.710. The molecular weight excluding hydrogens is 356 g/mol. The highest BCUT2D eigenvalue weighted by molar-refractivity contribution is 7.99. The Labute approximate surface area is 148 Å². The third kappa shape index (κ3) is 4.48. The molecule has 130 valence electrons. The lowest BCUT2D eigenvalue weighted by Crippen LogP contribution is -2.36. The smallest absolute Gasteiger partial charge is 0.323 e. The van der Waals surface area contributed by atoms with Gasteiger partial charge in [0.25, 0.3) is 0 Å². The van der Waals surface area contributed by atoms with Crippen molar-refractivity contribution in [2.75, 3.05) is 13.1 Å². The van der Waals surface area contributed by atoms with Crippen LogP contribution in [0.2, 0.25) is 5.02 Å². The summed E-state index contributed by atoms with van der Waals surface area (Å²) in [7, 11) is 0. The molecule has 4 nitrogen and oxygen atoms in total. The zero-order valence-electron chi connectivity index (χ0n) is 13.4. The molecule has 0 fully saturated rings. The molecule has 0 bridgehead atoms. The van der Waals surface area contributed by atoms with Crippen molar-refractivity contribution >= 4 is 29.4 Å². The lowest BCUT2D eigenvalue weighted by atomic mass is 10.3. The molecule has 0 unspecified atom stereocenters. The van der Waals surface area contributed by atoms with Gasteiger partial charge >= 0.3 is 6.03 Å². The first-order valence-electron chi connectivity index (χ1n) is 7.63. The van der Waals surface area contributed by atoms with E-state index in [1.807, 2.05) is 13.8 Å². The molecular formula is C16H18ClF2N3OS. The highest BCUT2D eigenvalue weighted by atomic mass is 35.5. The van der Waals surface area contributed by atoms with Crippen molar-refractivity contribution in [3.8, 4) is 0 Å². The SMILES string of the molecule is CCCN(CCC)C(=O)n1cc(Cl)c(Sc2ccc(F)cc2F)n1. The summed E-state index contributed by atoms with van der Waals surface area (Å²) in [6, 6.07) is 2.99. The van der Waals surface area contributed by atoms with Gasteiger partial charge in [-0.1, -0.05) is 37.2 Å². The van der Waals surface area contributed by atoms with Gasteiger partial charge in [0.2, 0.25) is 0 Å². The molecule has 0 aliphatic carbocycles. The van der Waals surface area contributed by atoms with Crippen LogP contribution in [0.4, 0.5) is 13.6 Å². The number of amides is 1. The number of halogens is 3. The summed E-state index contributed by atoms with van der Waals surface area (Å²) in [5.41, 5.74) is 0. The van der Waals surface area contributed by atoms with E-state index in [4.69, 9.17) is 11.6 Å². The van der Waals surface area contributed by atoms with Crippen LogP contribution in [0.15, 0.2) is 34.3 Å². The van der Waals surface area contributed by atoms with Crippen LogP contribution in [0.5, 0.6) is 0 Å². The van der Waals surface area contributed by atoms with Gasteiger partial charge in [-0.2, -0.15) is 9.78 Å². The normalized spacial score (nSPS) is 10.9. The first-order chi connectivity index (χ1) is 11.5. The van der Waals surface area contributed by atoms with E-state index in [1.54, 1.807) is 4.90 Å². The van der Waals surface area contributed by atoms with Crippen LogP contribution in [0, 0.1) is 11.6 Å². The van der Waals surface area contributed by atoms with Crippen molar-refractivity contribution in [3.63, 3.8) is 0 Å². The molecule has 1 aromatic carbocycles. The number of aromatic nitrogens is 2. The molecule has 0 spiro atoms. The Bertz CT molecular complexity index is 717. The van der Waals surface area contributed by atoms with Crippen LogP contribution in [0.3, 0.4) is 0 Å². The molecule has 2 rings (SSSR count). The molecule has 24 heavy (non-hydrogen) atoms. The van der Waals surface area contributed by atoms with Crippen LogP contribution in [0.1, 0.15) is 26.7 Å². The lowest BCUT2D eigenvalue weighted by molar-refractivity contribution is 0.196. The largest absolute Gasteiger partial charge is 0.344 e. The Morgan fingerprint density at radius 3 is 2.54 bits per heavy atom. The summed E-state index contributed by atoms with van der Waals surface area (Å²) in [5, 5.41) is 4.69. The summed E-state index contributed by atoms with van der Waals surface area (Å²) in [5.74, 6) is -1.35. The maximum absolute atomic E-state index is 13.7. The molecule has 0 saturated heterocycles. The summed E-state index contributed by atoms with van der Waals surface area (Å²) in [6.07, 6.45) is 3.08. The monoisotopic (exact) mass is 373 g/mol. The van der Waals surface area contributed by atoms with Crippen molar-refractivity contribution in [2.24, 2.45) is 0 Å². The van der Waals surface area contributed by atoms with Gasteiger partial charge in [-0.25, -0.2) is 13.6 Å². The van der Waals surface area contributed by atoms with Crippen molar-refractivity contribution in [3.05, 3.63) is 41.1 Å². The third-order valence-electron chi connectivity index (χ3n) is 3.19. The van der Waals surface area contributed by atoms with Crippen molar-refractivity contribution in [1.29, 1.82) is 0 Å². The van der Waals surface area contributed by atoms with E-state index >= 15 is 0 Å². The summed E-state index contributed by atoms with van der Waals surface area (Å²) in [4.78, 5) is 14.4. The average Bonchev–Trinajstić information content (AvgIpc) is 2.90. The first kappa shape index (κ1) is 18.7. The minimum absolute atomic E-state index is 0.190. The van der Waals surface area contributed by atoms with Crippen molar-refractivity contribution in [1.82, 2.24) is 14.7 Å². The van der Waals surface area contributed by atoms with Gasteiger partial charge in [0.05, 0.1) is 11.2 Å². The second-order valence-electron chi connectivity index (χ2n) is 5.17. The number of carbonyl (C=O) groups is 1. The van der Waals surface area contributed by atoms with Crippen molar-refractivity contribution in [2.45, 2.75) is 36.6 Å². The fourth-order valence-corrected chi connectivity index (χ4v) is 3.18. The van der Waals surface area contributed by atoms with E-state index < -0.39 is 11.6 Å². The minimum atomic E-state index is -0.699. The molecule has 0 atom stereocenters. The Kier molecular flexibility index (Phi) is 6.62. The fourth-order valence-electron chi connectivity index (χ4n) is 2.15. The van der Waals surface area contributed by atoms with Gasteiger partial charge in [0.15, 0.2) is 0 Å². The highest BCUT2D eigenvalue weighted by Gasteiger charge is 2.19. The third-order valence-corrected chi connectivity index (χ3v) is 4.63. The molecule has 2 aromatic rings. The summed E-state index contributed by atoms with van der Waals surface area (Å²) in [6.45, 7) is 5.23. The van der Waals surface area contributed by atoms with Crippen LogP contribution in [-0.2, 0) is 0 Å². The number of rotatable bonds is 6. The van der Waals surface area contributed by atoms with E-state index in [2.05, 4.69) is 5.10 Å². The van der Waals surface area contributed by atoms with Crippen LogP contribution >= 0.6 is 23.4 Å². The van der Waals surface area contributed by atoms with E-state index in [0.717, 1.165) is 41.4 Å². The molecule has 0 radical (unpaired) electrons. The highest BCUT2D eigenvalue weighted by Crippen LogP contribution is 2.33. The number of nitrogens with zero attached hydrogens (tertiary/aromatic N) is 3. The van der Waals surface area contributed by atoms with Gasteiger partial charge in [-0.05, 0) is 25.0 Å². The van der Waals surface area contributed by atoms with Gasteiger partial charge in [-0.3, -0.25) is 0 Å². The Hall–Kier alpha value is -1.60. The zero-order valence-corrected chi connectivity index (χ0v) is 15.0. The number of carbonyl (C=O) groups excluding carboxylic acids is 1.